The first kappa shape index (κ1) is 29.6. The van der Waals surface area contributed by atoms with E-state index in [2.05, 4.69) is 16.5 Å². The third-order valence-corrected chi connectivity index (χ3v) is 7.06. The highest BCUT2D eigenvalue weighted by Crippen LogP contribution is 2.38. The Bertz CT molecular complexity index is 1740. The summed E-state index contributed by atoms with van der Waals surface area (Å²) in [6, 6.07) is 12.6. The average molecular weight is 598 g/mol. The van der Waals surface area contributed by atoms with Crippen LogP contribution in [0.1, 0.15) is 12.5 Å². The number of carbonyl (C=O) groups excluding carboxylic acids is 1. The van der Waals surface area contributed by atoms with Crippen LogP contribution in [0, 0.1) is 12.7 Å². The molecule has 2 aromatic heterocycles. The SMILES string of the molecule is C=CC(=O)N1CCN(c2nc(=O)n(-c3ccccc3C)c3nc(-c4c(O)cccc4F)c(Cl)cc23)[C@@H](C)C1.O=S=O. The number of amides is 1. The van der Waals surface area contributed by atoms with Crippen LogP contribution >= 0.6 is 11.6 Å². The summed E-state index contributed by atoms with van der Waals surface area (Å²) >= 11 is 5.89. The molecule has 1 atom stereocenters. The van der Waals surface area contributed by atoms with E-state index in [1.165, 1.54) is 28.8 Å². The van der Waals surface area contributed by atoms with Crippen molar-refractivity contribution in [1.29, 1.82) is 0 Å². The number of fused-ring (bicyclic) bond motifs is 1. The molecule has 1 aliphatic rings. The molecule has 1 aliphatic heterocycles. The van der Waals surface area contributed by atoms with Crippen LogP contribution in [0.2, 0.25) is 5.02 Å². The molecule has 0 saturated carbocycles. The number of para-hydroxylation sites is 1. The fraction of sp³-hybridized carbons (Fsp3) is 0.214. The summed E-state index contributed by atoms with van der Waals surface area (Å²) in [7, 11) is 0. The van der Waals surface area contributed by atoms with Crippen LogP contribution in [0.3, 0.4) is 0 Å². The standard InChI is InChI=1S/C28H25ClFN5O3.O2S/c1-4-23(37)33-12-13-34(17(3)15-33)26-18-14-19(29)25(24-20(30)9-7-11-22(24)36)31-27(18)35(28(38)32-26)21-10-6-5-8-16(21)2;1-3-2/h4-11,14,17,36H,1,12-13,15H2,2-3H3;/t17-;/m0./s1. The molecule has 1 saturated heterocycles. The van der Waals surface area contributed by atoms with Gasteiger partial charge in [0.1, 0.15) is 17.4 Å². The van der Waals surface area contributed by atoms with Gasteiger partial charge in [0.15, 0.2) is 5.65 Å². The second-order valence-corrected chi connectivity index (χ2v) is 9.81. The highest BCUT2D eigenvalue weighted by Gasteiger charge is 2.30. The van der Waals surface area contributed by atoms with Gasteiger partial charge in [-0.05, 0) is 49.8 Å². The molecule has 1 amide bonds. The monoisotopic (exact) mass is 597 g/mol. The van der Waals surface area contributed by atoms with Crippen LogP contribution in [0.4, 0.5) is 10.2 Å². The lowest BCUT2D eigenvalue weighted by Crippen LogP contribution is -2.54. The minimum Gasteiger partial charge on any atom is -0.507 e. The summed E-state index contributed by atoms with van der Waals surface area (Å²) < 4.78 is 32.8. The molecular weight excluding hydrogens is 573 g/mol. The Morgan fingerprint density at radius 1 is 1.17 bits per heavy atom. The van der Waals surface area contributed by atoms with Crippen molar-refractivity contribution in [2.24, 2.45) is 0 Å². The van der Waals surface area contributed by atoms with Crippen LogP contribution < -0.4 is 10.6 Å². The number of halogens is 2. The van der Waals surface area contributed by atoms with Gasteiger partial charge in [0, 0.05) is 25.7 Å². The number of phenolic OH excluding ortho intramolecular Hbond substituents is 1. The van der Waals surface area contributed by atoms with Crippen molar-refractivity contribution >= 4 is 45.9 Å². The number of piperazine rings is 1. The van der Waals surface area contributed by atoms with E-state index in [9.17, 15) is 19.1 Å². The molecule has 5 rings (SSSR count). The highest BCUT2D eigenvalue weighted by molar-refractivity contribution is 7.51. The number of pyridine rings is 1. The number of phenols is 1. The first-order valence-corrected chi connectivity index (χ1v) is 13.4. The summed E-state index contributed by atoms with van der Waals surface area (Å²) in [5.74, 6) is -0.820. The lowest BCUT2D eigenvalue weighted by Gasteiger charge is -2.40. The molecule has 0 bridgehead atoms. The molecule has 10 nitrogen and oxygen atoms in total. The van der Waals surface area contributed by atoms with Gasteiger partial charge in [0.25, 0.3) is 0 Å². The first-order valence-electron chi connectivity index (χ1n) is 12.4. The molecule has 1 fully saturated rings. The van der Waals surface area contributed by atoms with Crippen molar-refractivity contribution in [1.82, 2.24) is 19.4 Å². The van der Waals surface area contributed by atoms with E-state index in [0.717, 1.165) is 5.56 Å². The van der Waals surface area contributed by atoms with Crippen LogP contribution in [-0.2, 0) is 16.4 Å². The first-order chi connectivity index (χ1) is 19.6. The molecular formula is C28H25ClFN5O5S. The summed E-state index contributed by atoms with van der Waals surface area (Å²) in [5.41, 5.74) is 0.858. The maximum Gasteiger partial charge on any atom is 0.355 e. The Labute approximate surface area is 242 Å². The van der Waals surface area contributed by atoms with Crippen molar-refractivity contribution < 1.29 is 22.7 Å². The molecule has 1 N–H and O–H groups in total. The lowest BCUT2D eigenvalue weighted by atomic mass is 10.1. The van der Waals surface area contributed by atoms with Gasteiger partial charge >= 0.3 is 17.3 Å². The van der Waals surface area contributed by atoms with E-state index in [1.807, 2.05) is 30.9 Å². The minimum atomic E-state index is -0.750. The van der Waals surface area contributed by atoms with Crippen LogP contribution in [0.5, 0.6) is 5.75 Å². The number of aromatic hydroxyl groups is 1. The van der Waals surface area contributed by atoms with Gasteiger partial charge in [-0.1, -0.05) is 42.4 Å². The van der Waals surface area contributed by atoms with Crippen molar-refractivity contribution in [3.63, 3.8) is 0 Å². The zero-order valence-electron chi connectivity index (χ0n) is 22.1. The maximum absolute atomic E-state index is 14.8. The fourth-order valence-electron chi connectivity index (χ4n) is 4.88. The highest BCUT2D eigenvalue weighted by atomic mass is 35.5. The second kappa shape index (κ2) is 12.4. The third kappa shape index (κ3) is 5.74. The maximum atomic E-state index is 14.8. The normalized spacial score (nSPS) is 14.8. The van der Waals surface area contributed by atoms with E-state index in [1.54, 1.807) is 23.1 Å². The molecule has 41 heavy (non-hydrogen) atoms. The number of anilines is 1. The van der Waals surface area contributed by atoms with Gasteiger partial charge in [-0.15, -0.1) is 0 Å². The topological polar surface area (TPSA) is 126 Å². The summed E-state index contributed by atoms with van der Waals surface area (Å²) in [6.45, 7) is 8.61. The number of aromatic nitrogens is 3. The smallest absolute Gasteiger partial charge is 0.355 e. The number of aryl methyl sites for hydroxylation is 1. The quantitative estimate of drug-likeness (QED) is 0.352. The van der Waals surface area contributed by atoms with Crippen LogP contribution in [0.15, 0.2) is 66.0 Å². The molecule has 0 spiro atoms. The largest absolute Gasteiger partial charge is 0.507 e. The van der Waals surface area contributed by atoms with E-state index in [0.29, 0.717) is 36.5 Å². The fourth-order valence-corrected chi connectivity index (χ4v) is 5.13. The number of benzene rings is 2. The van der Waals surface area contributed by atoms with Gasteiger partial charge < -0.3 is 14.9 Å². The Morgan fingerprint density at radius 2 is 1.88 bits per heavy atom. The Hall–Kier alpha value is -4.42. The summed E-state index contributed by atoms with van der Waals surface area (Å²) in [5, 5.41) is 11.0. The molecule has 2 aromatic carbocycles. The van der Waals surface area contributed by atoms with Gasteiger partial charge in [-0.2, -0.15) is 13.4 Å². The van der Waals surface area contributed by atoms with Crippen molar-refractivity contribution in [2.75, 3.05) is 24.5 Å². The Kier molecular flexibility index (Phi) is 8.94. The zero-order chi connectivity index (χ0) is 29.8. The molecule has 0 unspecified atom stereocenters. The predicted octanol–water partition coefficient (Wildman–Crippen LogP) is 3.81. The molecule has 4 aromatic rings. The van der Waals surface area contributed by atoms with E-state index in [4.69, 9.17) is 20.0 Å². The Morgan fingerprint density at radius 3 is 2.51 bits per heavy atom. The van der Waals surface area contributed by atoms with Crippen molar-refractivity contribution in [2.45, 2.75) is 19.9 Å². The van der Waals surface area contributed by atoms with Gasteiger partial charge in [-0.25, -0.2) is 18.7 Å². The van der Waals surface area contributed by atoms with Crippen LogP contribution in [0.25, 0.3) is 28.0 Å². The molecule has 212 valence electrons. The minimum absolute atomic E-state index is 0.00287. The average Bonchev–Trinajstić information content (AvgIpc) is 2.94. The predicted molar refractivity (Wildman–Crippen MR) is 154 cm³/mol. The molecule has 13 heteroatoms. The number of rotatable bonds is 4. The third-order valence-electron chi connectivity index (χ3n) is 6.77. The molecule has 3 heterocycles. The van der Waals surface area contributed by atoms with Gasteiger partial charge in [0.2, 0.25) is 5.91 Å². The number of carbonyl (C=O) groups is 1. The summed E-state index contributed by atoms with van der Waals surface area (Å²) in [6.07, 6.45) is 1.28. The Balaban J connectivity index is 0.00000124. The zero-order valence-corrected chi connectivity index (χ0v) is 23.7. The van der Waals surface area contributed by atoms with E-state index in [-0.39, 0.29) is 39.6 Å². The van der Waals surface area contributed by atoms with Crippen molar-refractivity contribution in [3.8, 4) is 22.7 Å². The molecule has 0 radical (unpaired) electrons. The van der Waals surface area contributed by atoms with Gasteiger partial charge in [0.05, 0.1) is 27.4 Å². The number of nitrogens with zero attached hydrogens (tertiary/aromatic N) is 5. The summed E-state index contributed by atoms with van der Waals surface area (Å²) in [4.78, 5) is 38.5. The van der Waals surface area contributed by atoms with E-state index >= 15 is 0 Å². The van der Waals surface area contributed by atoms with E-state index < -0.39 is 23.1 Å². The van der Waals surface area contributed by atoms with Gasteiger partial charge in [-0.3, -0.25) is 4.79 Å². The second-order valence-electron chi connectivity index (χ2n) is 9.26. The van der Waals surface area contributed by atoms with Crippen molar-refractivity contribution in [3.05, 3.63) is 88.1 Å². The molecule has 0 aliphatic carbocycles. The lowest BCUT2D eigenvalue weighted by molar-refractivity contribution is -0.126. The number of hydrogen-bond donors (Lipinski definition) is 1. The number of hydrogen-bond acceptors (Lipinski definition) is 8. The van der Waals surface area contributed by atoms with Crippen LogP contribution in [-0.4, -0.2) is 64.5 Å².